The van der Waals surface area contributed by atoms with Crippen LogP contribution in [0.5, 0.6) is 0 Å². The third-order valence-corrected chi connectivity index (χ3v) is 3.64. The van der Waals surface area contributed by atoms with Crippen molar-refractivity contribution in [2.75, 3.05) is 13.1 Å². The van der Waals surface area contributed by atoms with Gasteiger partial charge in [0.25, 0.3) is 0 Å². The topological polar surface area (TPSA) is 60.0 Å². The molecule has 0 atom stereocenters. The molecule has 21 heavy (non-hydrogen) atoms. The maximum absolute atomic E-state index is 12.0. The lowest BCUT2D eigenvalue weighted by molar-refractivity contribution is -0.121. The van der Waals surface area contributed by atoms with E-state index in [-0.39, 0.29) is 5.91 Å². The SMILES string of the molecule is CC(C)CCNC(=O)Cn1cc(CCN)c2ccccc21. The first-order valence-electron chi connectivity index (χ1n) is 7.65. The number of hydrogen-bond acceptors (Lipinski definition) is 2. The van der Waals surface area contributed by atoms with Crippen LogP contribution in [0.1, 0.15) is 25.8 Å². The average molecular weight is 287 g/mol. The van der Waals surface area contributed by atoms with Crippen molar-refractivity contribution in [3.05, 3.63) is 36.0 Å². The summed E-state index contributed by atoms with van der Waals surface area (Å²) in [7, 11) is 0. The van der Waals surface area contributed by atoms with E-state index in [0.717, 1.165) is 24.9 Å². The van der Waals surface area contributed by atoms with Gasteiger partial charge in [0.05, 0.1) is 0 Å². The van der Waals surface area contributed by atoms with Gasteiger partial charge in [-0.05, 0) is 36.9 Å². The Hall–Kier alpha value is -1.81. The lowest BCUT2D eigenvalue weighted by Crippen LogP contribution is -2.28. The number of rotatable bonds is 7. The zero-order valence-corrected chi connectivity index (χ0v) is 12.9. The van der Waals surface area contributed by atoms with Crippen LogP contribution in [0.4, 0.5) is 0 Å². The quantitative estimate of drug-likeness (QED) is 0.821. The third-order valence-electron chi connectivity index (χ3n) is 3.64. The Balaban J connectivity index is 2.09. The van der Waals surface area contributed by atoms with E-state index >= 15 is 0 Å². The number of aromatic nitrogens is 1. The molecular weight excluding hydrogens is 262 g/mol. The summed E-state index contributed by atoms with van der Waals surface area (Å²) >= 11 is 0. The number of amides is 1. The number of carbonyl (C=O) groups is 1. The smallest absolute Gasteiger partial charge is 0.239 e. The Bertz CT molecular complexity index is 601. The summed E-state index contributed by atoms with van der Waals surface area (Å²) in [6.45, 7) is 6.04. The fourth-order valence-corrected chi connectivity index (χ4v) is 2.52. The number of benzene rings is 1. The number of hydrogen-bond donors (Lipinski definition) is 2. The van der Waals surface area contributed by atoms with Gasteiger partial charge in [-0.2, -0.15) is 0 Å². The summed E-state index contributed by atoms with van der Waals surface area (Å²) in [6.07, 6.45) is 3.90. The van der Waals surface area contributed by atoms with Crippen LogP contribution in [0.15, 0.2) is 30.5 Å². The van der Waals surface area contributed by atoms with Crippen molar-refractivity contribution in [3.63, 3.8) is 0 Å². The first-order chi connectivity index (χ1) is 10.1. The number of para-hydroxylation sites is 1. The van der Waals surface area contributed by atoms with Crippen molar-refractivity contribution in [1.29, 1.82) is 0 Å². The van der Waals surface area contributed by atoms with E-state index in [4.69, 9.17) is 5.73 Å². The molecule has 0 fully saturated rings. The normalized spacial score (nSPS) is 11.2. The van der Waals surface area contributed by atoms with Crippen LogP contribution < -0.4 is 11.1 Å². The van der Waals surface area contributed by atoms with E-state index in [1.165, 1.54) is 10.9 Å². The third kappa shape index (κ3) is 4.08. The highest BCUT2D eigenvalue weighted by Crippen LogP contribution is 2.21. The molecule has 1 heterocycles. The van der Waals surface area contributed by atoms with E-state index < -0.39 is 0 Å². The standard InChI is InChI=1S/C17H25N3O/c1-13(2)8-10-19-17(21)12-20-11-14(7-9-18)15-5-3-4-6-16(15)20/h3-6,11,13H,7-10,12,18H2,1-2H3,(H,19,21). The van der Waals surface area contributed by atoms with Gasteiger partial charge in [0.2, 0.25) is 5.91 Å². The average Bonchev–Trinajstić information content (AvgIpc) is 2.77. The van der Waals surface area contributed by atoms with E-state index in [2.05, 4.69) is 37.5 Å². The van der Waals surface area contributed by atoms with Crippen molar-refractivity contribution in [2.24, 2.45) is 11.7 Å². The Morgan fingerprint density at radius 3 is 2.81 bits per heavy atom. The van der Waals surface area contributed by atoms with E-state index in [0.29, 0.717) is 19.0 Å². The van der Waals surface area contributed by atoms with Gasteiger partial charge in [0, 0.05) is 23.6 Å². The maximum atomic E-state index is 12.0. The first-order valence-corrected chi connectivity index (χ1v) is 7.65. The molecule has 0 bridgehead atoms. The summed E-state index contributed by atoms with van der Waals surface area (Å²) in [5.41, 5.74) is 7.98. The largest absolute Gasteiger partial charge is 0.355 e. The molecule has 0 aliphatic carbocycles. The van der Waals surface area contributed by atoms with Crippen LogP contribution in [-0.2, 0) is 17.8 Å². The zero-order chi connectivity index (χ0) is 15.2. The second-order valence-electron chi connectivity index (χ2n) is 5.87. The molecule has 4 nitrogen and oxygen atoms in total. The maximum Gasteiger partial charge on any atom is 0.239 e. The number of nitrogens with two attached hydrogens (primary N) is 1. The van der Waals surface area contributed by atoms with Gasteiger partial charge in [-0.3, -0.25) is 4.79 Å². The van der Waals surface area contributed by atoms with Gasteiger partial charge in [0.1, 0.15) is 6.54 Å². The molecule has 114 valence electrons. The summed E-state index contributed by atoms with van der Waals surface area (Å²) in [5.74, 6) is 0.671. The summed E-state index contributed by atoms with van der Waals surface area (Å²) < 4.78 is 2.02. The van der Waals surface area contributed by atoms with Gasteiger partial charge < -0.3 is 15.6 Å². The molecule has 1 aromatic carbocycles. The fourth-order valence-electron chi connectivity index (χ4n) is 2.52. The van der Waals surface area contributed by atoms with Crippen molar-refractivity contribution < 1.29 is 4.79 Å². The number of nitrogens with zero attached hydrogens (tertiary/aromatic N) is 1. The first kappa shape index (κ1) is 15.6. The van der Waals surface area contributed by atoms with Crippen molar-refractivity contribution >= 4 is 16.8 Å². The molecular formula is C17H25N3O. The minimum Gasteiger partial charge on any atom is -0.355 e. The van der Waals surface area contributed by atoms with Crippen molar-refractivity contribution in [3.8, 4) is 0 Å². The lowest BCUT2D eigenvalue weighted by atomic mass is 10.1. The predicted molar refractivity (Wildman–Crippen MR) is 87.2 cm³/mol. The molecule has 2 rings (SSSR count). The molecule has 0 aliphatic rings. The van der Waals surface area contributed by atoms with Crippen LogP contribution in [0.3, 0.4) is 0 Å². The van der Waals surface area contributed by atoms with E-state index in [1.54, 1.807) is 0 Å². The molecule has 1 amide bonds. The van der Waals surface area contributed by atoms with Crippen LogP contribution in [0, 0.1) is 5.92 Å². The van der Waals surface area contributed by atoms with Crippen LogP contribution >= 0.6 is 0 Å². The Labute approximate surface area is 126 Å². The minimum absolute atomic E-state index is 0.0655. The molecule has 0 saturated heterocycles. The zero-order valence-electron chi connectivity index (χ0n) is 12.9. The molecule has 1 aromatic heterocycles. The molecule has 0 unspecified atom stereocenters. The molecule has 3 N–H and O–H groups in total. The minimum atomic E-state index is 0.0655. The highest BCUT2D eigenvalue weighted by atomic mass is 16.1. The highest BCUT2D eigenvalue weighted by Gasteiger charge is 2.10. The Morgan fingerprint density at radius 2 is 2.10 bits per heavy atom. The van der Waals surface area contributed by atoms with Gasteiger partial charge in [-0.1, -0.05) is 32.0 Å². The van der Waals surface area contributed by atoms with E-state index in [1.807, 2.05) is 16.7 Å². The van der Waals surface area contributed by atoms with Gasteiger partial charge in [-0.15, -0.1) is 0 Å². The van der Waals surface area contributed by atoms with Gasteiger partial charge in [-0.25, -0.2) is 0 Å². The second-order valence-corrected chi connectivity index (χ2v) is 5.87. The molecule has 2 aromatic rings. The van der Waals surface area contributed by atoms with Crippen molar-refractivity contribution in [1.82, 2.24) is 9.88 Å². The monoisotopic (exact) mass is 287 g/mol. The van der Waals surface area contributed by atoms with Crippen LogP contribution in [-0.4, -0.2) is 23.6 Å². The Morgan fingerprint density at radius 1 is 1.33 bits per heavy atom. The van der Waals surface area contributed by atoms with Crippen molar-refractivity contribution in [2.45, 2.75) is 33.2 Å². The molecule has 0 radical (unpaired) electrons. The lowest BCUT2D eigenvalue weighted by Gasteiger charge is -2.08. The van der Waals surface area contributed by atoms with Crippen LogP contribution in [0.2, 0.25) is 0 Å². The molecule has 0 spiro atoms. The predicted octanol–water partition coefficient (Wildman–Crippen LogP) is 2.30. The summed E-state index contributed by atoms with van der Waals surface area (Å²) in [6, 6.07) is 8.17. The number of carbonyl (C=O) groups excluding carboxylic acids is 1. The van der Waals surface area contributed by atoms with E-state index in [9.17, 15) is 4.79 Å². The molecule has 4 heteroatoms. The van der Waals surface area contributed by atoms with Crippen LogP contribution in [0.25, 0.3) is 10.9 Å². The number of nitrogens with one attached hydrogen (secondary N) is 1. The Kier molecular flexibility index (Phi) is 5.39. The summed E-state index contributed by atoms with van der Waals surface area (Å²) in [4.78, 5) is 12.0. The summed E-state index contributed by atoms with van der Waals surface area (Å²) in [5, 5.41) is 4.18. The van der Waals surface area contributed by atoms with Gasteiger partial charge >= 0.3 is 0 Å². The molecule has 0 saturated carbocycles. The number of fused-ring (bicyclic) bond motifs is 1. The fraction of sp³-hybridized carbons (Fsp3) is 0.471. The molecule has 0 aliphatic heterocycles. The van der Waals surface area contributed by atoms with Gasteiger partial charge in [0.15, 0.2) is 0 Å². The highest BCUT2D eigenvalue weighted by molar-refractivity contribution is 5.86. The second kappa shape index (κ2) is 7.27.